The fraction of sp³-hybridized carbons (Fsp3) is 0.0833. The Kier molecular flexibility index (Phi) is 7.15. The number of aromatic nitrogens is 2. The summed E-state index contributed by atoms with van der Waals surface area (Å²) in [6, 6.07) is 14.4. The zero-order valence-electron chi connectivity index (χ0n) is 18.6. The molecule has 1 N–H and O–H groups in total. The number of amides is 1. The van der Waals surface area contributed by atoms with Crippen molar-refractivity contribution in [1.82, 2.24) is 9.66 Å². The lowest BCUT2D eigenvalue weighted by atomic mass is 10.2. The minimum Gasteiger partial charge on any atom is -0.477 e. The van der Waals surface area contributed by atoms with E-state index in [0.29, 0.717) is 26.8 Å². The lowest BCUT2D eigenvalue weighted by Crippen LogP contribution is -2.21. The summed E-state index contributed by atoms with van der Waals surface area (Å²) in [5, 5.41) is 18.5. The Morgan fingerprint density at radius 1 is 1.25 bits per heavy atom. The summed E-state index contributed by atoms with van der Waals surface area (Å²) in [5.74, 6) is -0.945. The quantitative estimate of drug-likeness (QED) is 0.205. The maximum absolute atomic E-state index is 13.3. The van der Waals surface area contributed by atoms with Gasteiger partial charge in [0, 0.05) is 21.8 Å². The summed E-state index contributed by atoms with van der Waals surface area (Å²) in [5.41, 5.74) is 0.270. The number of hydrogen-bond donors (Lipinski definition) is 1. The molecule has 0 bridgehead atoms. The van der Waals surface area contributed by atoms with Crippen LogP contribution in [0.15, 0.2) is 75.0 Å². The molecule has 0 fully saturated rings. The van der Waals surface area contributed by atoms with Gasteiger partial charge in [-0.3, -0.25) is 19.7 Å². The van der Waals surface area contributed by atoms with Gasteiger partial charge in [0.2, 0.25) is 0 Å². The monoisotopic (exact) mass is 553 g/mol. The van der Waals surface area contributed by atoms with Gasteiger partial charge in [-0.05, 0) is 55.5 Å². The molecule has 4 rings (SSSR count). The fourth-order valence-corrected chi connectivity index (χ4v) is 3.67. The van der Waals surface area contributed by atoms with Crippen molar-refractivity contribution >= 4 is 50.3 Å². The van der Waals surface area contributed by atoms with Crippen molar-refractivity contribution in [3.8, 4) is 5.75 Å². The maximum Gasteiger partial charge on any atom is 0.311 e. The number of hydrogen-bond acceptors (Lipinski definition) is 7. The van der Waals surface area contributed by atoms with E-state index in [4.69, 9.17) is 4.74 Å². The van der Waals surface area contributed by atoms with Gasteiger partial charge >= 0.3 is 5.69 Å². The number of nitrogens with one attached hydrogen (secondary N) is 1. The highest BCUT2D eigenvalue weighted by molar-refractivity contribution is 9.10. The predicted molar refractivity (Wildman–Crippen MR) is 135 cm³/mol. The van der Waals surface area contributed by atoms with Gasteiger partial charge in [0.1, 0.15) is 11.6 Å². The molecule has 1 heterocycles. The predicted octanol–water partition coefficient (Wildman–Crippen LogP) is 4.41. The first-order chi connectivity index (χ1) is 17.2. The van der Waals surface area contributed by atoms with E-state index >= 15 is 0 Å². The van der Waals surface area contributed by atoms with Gasteiger partial charge < -0.3 is 10.1 Å². The number of aryl methyl sites for hydroxylation is 1. The number of rotatable bonds is 7. The molecule has 4 aromatic rings. The highest BCUT2D eigenvalue weighted by Crippen LogP contribution is 2.27. The fourth-order valence-electron chi connectivity index (χ4n) is 3.31. The summed E-state index contributed by atoms with van der Waals surface area (Å²) >= 11 is 3.32. The van der Waals surface area contributed by atoms with Crippen LogP contribution >= 0.6 is 15.9 Å². The highest BCUT2D eigenvalue weighted by atomic mass is 79.9. The average molecular weight is 554 g/mol. The van der Waals surface area contributed by atoms with Crippen molar-refractivity contribution in [3.05, 3.63) is 103 Å². The molecule has 0 atom stereocenters. The second-order valence-corrected chi connectivity index (χ2v) is 8.43. The first-order valence-corrected chi connectivity index (χ1v) is 11.2. The number of nitro groups is 1. The minimum absolute atomic E-state index is 0.142. The molecule has 0 aliphatic rings. The maximum atomic E-state index is 13.3. The van der Waals surface area contributed by atoms with Crippen LogP contribution in [-0.4, -0.2) is 33.3 Å². The van der Waals surface area contributed by atoms with Gasteiger partial charge in [0.05, 0.1) is 22.0 Å². The van der Waals surface area contributed by atoms with Crippen LogP contribution in [0, 0.1) is 22.9 Å². The second kappa shape index (κ2) is 10.4. The molecule has 3 aromatic carbocycles. The SMILES string of the molecule is Cc1nc2ccc(Br)cc2c(=O)n1N=Cc1ccc(OCC(=O)Nc2cccc(F)c2)c([N+](=O)[O-])c1. The smallest absolute Gasteiger partial charge is 0.311 e. The molecule has 0 saturated heterocycles. The highest BCUT2D eigenvalue weighted by Gasteiger charge is 2.17. The van der Waals surface area contributed by atoms with Crippen LogP contribution in [0.25, 0.3) is 10.9 Å². The van der Waals surface area contributed by atoms with Gasteiger partial charge in [-0.1, -0.05) is 22.0 Å². The Labute approximate surface area is 211 Å². The molecule has 10 nitrogen and oxygen atoms in total. The number of carbonyl (C=O) groups excluding carboxylic acids is 1. The van der Waals surface area contributed by atoms with E-state index in [1.54, 1.807) is 25.1 Å². The molecule has 1 amide bonds. The Balaban J connectivity index is 1.54. The van der Waals surface area contributed by atoms with Crippen LogP contribution in [0.2, 0.25) is 0 Å². The van der Waals surface area contributed by atoms with E-state index in [0.717, 1.165) is 10.7 Å². The molecule has 0 aliphatic carbocycles. The Morgan fingerprint density at radius 2 is 2.06 bits per heavy atom. The Hall–Kier alpha value is -4.45. The van der Waals surface area contributed by atoms with Crippen LogP contribution in [-0.2, 0) is 4.79 Å². The number of ether oxygens (including phenoxy) is 1. The van der Waals surface area contributed by atoms with Crippen molar-refractivity contribution in [2.75, 3.05) is 11.9 Å². The van der Waals surface area contributed by atoms with Crippen molar-refractivity contribution in [1.29, 1.82) is 0 Å². The summed E-state index contributed by atoms with van der Waals surface area (Å²) < 4.78 is 20.4. The van der Waals surface area contributed by atoms with Gasteiger partial charge in [-0.25, -0.2) is 9.37 Å². The van der Waals surface area contributed by atoms with E-state index in [1.165, 1.54) is 42.6 Å². The first kappa shape index (κ1) is 24.7. The number of nitro benzene ring substituents is 1. The standard InChI is InChI=1S/C24H17BrFN5O5/c1-14-28-20-7-6-16(25)10-19(20)24(33)30(14)27-12-15-5-8-22(21(9-15)31(34)35)36-13-23(32)29-18-4-2-3-17(26)11-18/h2-12H,13H2,1H3,(H,29,32). The van der Waals surface area contributed by atoms with Crippen molar-refractivity contribution in [2.24, 2.45) is 5.10 Å². The third kappa shape index (κ3) is 5.61. The summed E-state index contributed by atoms with van der Waals surface area (Å²) in [6.45, 7) is 1.09. The second-order valence-electron chi connectivity index (χ2n) is 7.51. The third-order valence-electron chi connectivity index (χ3n) is 4.94. The molecule has 1 aromatic heterocycles. The molecule has 0 unspecified atom stereocenters. The summed E-state index contributed by atoms with van der Waals surface area (Å²) in [7, 11) is 0. The van der Waals surface area contributed by atoms with E-state index < -0.39 is 34.5 Å². The van der Waals surface area contributed by atoms with Crippen LogP contribution in [0.5, 0.6) is 5.75 Å². The van der Waals surface area contributed by atoms with E-state index in [1.807, 2.05) is 0 Å². The number of fused-ring (bicyclic) bond motifs is 1. The van der Waals surface area contributed by atoms with Crippen LogP contribution in [0.4, 0.5) is 15.8 Å². The molecular weight excluding hydrogens is 537 g/mol. The Bertz CT molecular complexity index is 1590. The third-order valence-corrected chi connectivity index (χ3v) is 5.43. The summed E-state index contributed by atoms with van der Waals surface area (Å²) in [4.78, 5) is 40.2. The number of carbonyl (C=O) groups is 1. The van der Waals surface area contributed by atoms with Gasteiger partial charge in [0.25, 0.3) is 11.5 Å². The lowest BCUT2D eigenvalue weighted by molar-refractivity contribution is -0.385. The largest absolute Gasteiger partial charge is 0.477 e. The molecule has 0 radical (unpaired) electrons. The van der Waals surface area contributed by atoms with Gasteiger partial charge in [0.15, 0.2) is 12.4 Å². The van der Waals surface area contributed by atoms with Crippen LogP contribution in [0.1, 0.15) is 11.4 Å². The zero-order valence-corrected chi connectivity index (χ0v) is 20.2. The molecular formula is C24H17BrFN5O5. The zero-order chi connectivity index (χ0) is 25.8. The number of nitrogens with zero attached hydrogens (tertiary/aromatic N) is 4. The minimum atomic E-state index is -0.663. The average Bonchev–Trinajstić information content (AvgIpc) is 2.83. The van der Waals surface area contributed by atoms with Crippen molar-refractivity contribution < 1.29 is 18.8 Å². The molecule has 0 spiro atoms. The number of anilines is 1. The topological polar surface area (TPSA) is 129 Å². The number of halogens is 2. The van der Waals surface area contributed by atoms with E-state index in [2.05, 4.69) is 31.3 Å². The molecule has 36 heavy (non-hydrogen) atoms. The molecule has 182 valence electrons. The van der Waals surface area contributed by atoms with Crippen LogP contribution in [0.3, 0.4) is 0 Å². The molecule has 0 aliphatic heterocycles. The van der Waals surface area contributed by atoms with Gasteiger partial charge in [-0.15, -0.1) is 0 Å². The number of benzene rings is 3. The van der Waals surface area contributed by atoms with Crippen molar-refractivity contribution in [3.63, 3.8) is 0 Å². The molecule has 0 saturated carbocycles. The lowest BCUT2D eigenvalue weighted by Gasteiger charge is -2.09. The summed E-state index contributed by atoms with van der Waals surface area (Å²) in [6.07, 6.45) is 1.29. The van der Waals surface area contributed by atoms with Crippen LogP contribution < -0.4 is 15.6 Å². The Morgan fingerprint density at radius 3 is 2.81 bits per heavy atom. The first-order valence-electron chi connectivity index (χ1n) is 10.4. The van der Waals surface area contributed by atoms with E-state index in [9.17, 15) is 24.1 Å². The molecule has 12 heteroatoms. The van der Waals surface area contributed by atoms with E-state index in [-0.39, 0.29) is 11.4 Å². The van der Waals surface area contributed by atoms with Crippen molar-refractivity contribution in [2.45, 2.75) is 6.92 Å². The van der Waals surface area contributed by atoms with Gasteiger partial charge in [-0.2, -0.15) is 9.78 Å². The normalized spacial score (nSPS) is 11.1.